The van der Waals surface area contributed by atoms with Crippen molar-refractivity contribution in [3.63, 3.8) is 0 Å². The van der Waals surface area contributed by atoms with Crippen molar-refractivity contribution < 1.29 is 14.3 Å². The summed E-state index contributed by atoms with van der Waals surface area (Å²) in [5.41, 5.74) is 1.03. The number of halogens is 1. The Kier molecular flexibility index (Phi) is 3.97. The van der Waals surface area contributed by atoms with E-state index in [4.69, 9.17) is 5.11 Å². The molecule has 2 rings (SSSR count). The van der Waals surface area contributed by atoms with Gasteiger partial charge in [0.05, 0.1) is 0 Å². The van der Waals surface area contributed by atoms with Crippen LogP contribution in [0.2, 0.25) is 0 Å². The van der Waals surface area contributed by atoms with Gasteiger partial charge in [0.2, 0.25) is 0 Å². The second-order valence-electron chi connectivity index (χ2n) is 4.88. The molecule has 1 heterocycles. The molecule has 0 radical (unpaired) electrons. The first kappa shape index (κ1) is 13.0. The van der Waals surface area contributed by atoms with Gasteiger partial charge in [-0.2, -0.15) is 0 Å². The van der Waals surface area contributed by atoms with Crippen LogP contribution in [0.15, 0.2) is 18.2 Å². The summed E-state index contributed by atoms with van der Waals surface area (Å²) in [6.45, 7) is 3.18. The van der Waals surface area contributed by atoms with Crippen molar-refractivity contribution in [3.05, 3.63) is 35.1 Å². The van der Waals surface area contributed by atoms with E-state index >= 15 is 0 Å². The molecule has 1 aliphatic heterocycles. The van der Waals surface area contributed by atoms with Gasteiger partial charge < -0.3 is 10.0 Å². The average molecular weight is 251 g/mol. The number of aliphatic hydroxyl groups is 1. The smallest absolute Gasteiger partial charge is 0.253 e. The number of carbonyl (C=O) groups is 1. The van der Waals surface area contributed by atoms with Crippen LogP contribution < -0.4 is 0 Å². The maximum absolute atomic E-state index is 13.1. The summed E-state index contributed by atoms with van der Waals surface area (Å²) in [5, 5.41) is 9.05. The average Bonchev–Trinajstić information content (AvgIpc) is 2.41. The van der Waals surface area contributed by atoms with Gasteiger partial charge in [0, 0.05) is 25.3 Å². The summed E-state index contributed by atoms with van der Waals surface area (Å²) in [4.78, 5) is 14.0. The van der Waals surface area contributed by atoms with Gasteiger partial charge in [-0.15, -0.1) is 0 Å². The molecule has 1 aromatic carbocycles. The molecule has 0 atom stereocenters. The van der Waals surface area contributed by atoms with Crippen molar-refractivity contribution in [2.45, 2.75) is 19.8 Å². The number of nitrogens with zero attached hydrogens (tertiary/aromatic N) is 1. The predicted molar refractivity (Wildman–Crippen MR) is 66.9 cm³/mol. The molecule has 1 aromatic rings. The zero-order chi connectivity index (χ0) is 13.1. The zero-order valence-electron chi connectivity index (χ0n) is 10.5. The Labute approximate surface area is 106 Å². The molecule has 0 unspecified atom stereocenters. The number of amides is 1. The quantitative estimate of drug-likeness (QED) is 0.873. The van der Waals surface area contributed by atoms with Crippen molar-refractivity contribution in [1.82, 2.24) is 4.90 Å². The van der Waals surface area contributed by atoms with E-state index in [1.807, 2.05) is 0 Å². The van der Waals surface area contributed by atoms with Crippen molar-refractivity contribution in [1.29, 1.82) is 0 Å². The highest BCUT2D eigenvalue weighted by molar-refractivity contribution is 5.94. The fraction of sp³-hybridized carbons (Fsp3) is 0.500. The Morgan fingerprint density at radius 1 is 1.44 bits per heavy atom. The summed E-state index contributed by atoms with van der Waals surface area (Å²) in [7, 11) is 0. The minimum absolute atomic E-state index is 0.0468. The highest BCUT2D eigenvalue weighted by Gasteiger charge is 2.23. The molecular weight excluding hydrogens is 233 g/mol. The maximum atomic E-state index is 13.1. The van der Waals surface area contributed by atoms with Gasteiger partial charge >= 0.3 is 0 Å². The van der Waals surface area contributed by atoms with Crippen LogP contribution in [0, 0.1) is 18.7 Å². The van der Waals surface area contributed by atoms with Gasteiger partial charge in [0.1, 0.15) is 5.82 Å². The molecule has 0 bridgehead atoms. The molecule has 1 aliphatic rings. The third-order valence-corrected chi connectivity index (χ3v) is 3.56. The Balaban J connectivity index is 2.05. The molecule has 18 heavy (non-hydrogen) atoms. The molecule has 1 saturated heterocycles. The number of piperidine rings is 1. The van der Waals surface area contributed by atoms with E-state index in [2.05, 4.69) is 0 Å². The van der Waals surface area contributed by atoms with Gasteiger partial charge in [-0.25, -0.2) is 4.39 Å². The summed E-state index contributed by atoms with van der Waals surface area (Å²) >= 11 is 0. The number of rotatable bonds is 2. The predicted octanol–water partition coefficient (Wildman–Crippen LogP) is 1.98. The number of likely N-dealkylation sites (tertiary alicyclic amines) is 1. The van der Waals surface area contributed by atoms with Crippen molar-refractivity contribution in [2.75, 3.05) is 19.7 Å². The molecule has 4 heteroatoms. The number of hydrogen-bond donors (Lipinski definition) is 1. The Morgan fingerprint density at radius 3 is 2.67 bits per heavy atom. The summed E-state index contributed by atoms with van der Waals surface area (Å²) in [6, 6.07) is 4.46. The van der Waals surface area contributed by atoms with Crippen LogP contribution in [0.1, 0.15) is 28.8 Å². The second kappa shape index (κ2) is 5.48. The molecule has 0 saturated carbocycles. The van der Waals surface area contributed by atoms with Crippen LogP contribution in [0.4, 0.5) is 4.39 Å². The van der Waals surface area contributed by atoms with Crippen LogP contribution in [0.3, 0.4) is 0 Å². The molecule has 3 nitrogen and oxygen atoms in total. The third kappa shape index (κ3) is 2.70. The van der Waals surface area contributed by atoms with E-state index in [-0.39, 0.29) is 18.3 Å². The molecule has 1 amide bonds. The lowest BCUT2D eigenvalue weighted by molar-refractivity contribution is 0.0650. The number of aliphatic hydroxyl groups excluding tert-OH is 1. The highest BCUT2D eigenvalue weighted by Crippen LogP contribution is 2.19. The van der Waals surface area contributed by atoms with Crippen molar-refractivity contribution in [2.24, 2.45) is 5.92 Å². The molecular formula is C14H18FNO2. The fourth-order valence-electron chi connectivity index (χ4n) is 2.28. The Bertz CT molecular complexity index is 439. The third-order valence-electron chi connectivity index (χ3n) is 3.56. The lowest BCUT2D eigenvalue weighted by atomic mass is 9.97. The van der Waals surface area contributed by atoms with Crippen LogP contribution in [0.5, 0.6) is 0 Å². The van der Waals surface area contributed by atoms with E-state index in [0.717, 1.165) is 12.8 Å². The first-order chi connectivity index (χ1) is 8.61. The number of aryl methyl sites for hydroxylation is 1. The largest absolute Gasteiger partial charge is 0.396 e. The number of carbonyl (C=O) groups excluding carboxylic acids is 1. The van der Waals surface area contributed by atoms with E-state index < -0.39 is 0 Å². The van der Waals surface area contributed by atoms with E-state index in [9.17, 15) is 9.18 Å². The number of benzene rings is 1. The van der Waals surface area contributed by atoms with Gasteiger partial charge in [0.25, 0.3) is 5.91 Å². The maximum Gasteiger partial charge on any atom is 0.253 e. The van der Waals surface area contributed by atoms with Crippen LogP contribution in [0.25, 0.3) is 0 Å². The molecule has 98 valence electrons. The molecule has 0 spiro atoms. The standard InChI is InChI=1S/C14H18FNO2/c1-10-8-12(2-3-13(10)15)14(18)16-6-4-11(9-17)5-7-16/h2-3,8,11,17H,4-7,9H2,1H3. The SMILES string of the molecule is Cc1cc(C(=O)N2CCC(CO)CC2)ccc1F. The summed E-state index contributed by atoms with van der Waals surface area (Å²) < 4.78 is 13.1. The van der Waals surface area contributed by atoms with E-state index in [1.54, 1.807) is 17.9 Å². The van der Waals surface area contributed by atoms with Crippen molar-refractivity contribution >= 4 is 5.91 Å². The van der Waals surface area contributed by atoms with Crippen molar-refractivity contribution in [3.8, 4) is 0 Å². The molecule has 1 N–H and O–H groups in total. The first-order valence-electron chi connectivity index (χ1n) is 6.28. The number of hydrogen-bond acceptors (Lipinski definition) is 2. The van der Waals surface area contributed by atoms with Gasteiger partial charge in [0.15, 0.2) is 0 Å². The van der Waals surface area contributed by atoms with Gasteiger partial charge in [-0.05, 0) is 49.4 Å². The zero-order valence-corrected chi connectivity index (χ0v) is 10.5. The molecule has 0 aromatic heterocycles. The van der Waals surface area contributed by atoms with Crippen LogP contribution in [-0.2, 0) is 0 Å². The highest BCUT2D eigenvalue weighted by atomic mass is 19.1. The molecule has 1 fully saturated rings. The molecule has 0 aliphatic carbocycles. The summed E-state index contributed by atoms with van der Waals surface area (Å²) in [5.74, 6) is -0.0240. The van der Waals surface area contributed by atoms with Crippen LogP contribution in [-0.4, -0.2) is 35.6 Å². The lowest BCUT2D eigenvalue weighted by Gasteiger charge is -2.31. The summed E-state index contributed by atoms with van der Waals surface area (Å²) in [6.07, 6.45) is 1.67. The first-order valence-corrected chi connectivity index (χ1v) is 6.28. The normalized spacial score (nSPS) is 16.9. The van der Waals surface area contributed by atoms with E-state index in [0.29, 0.717) is 30.1 Å². The minimum atomic E-state index is -0.287. The van der Waals surface area contributed by atoms with Gasteiger partial charge in [-0.1, -0.05) is 0 Å². The fourth-order valence-corrected chi connectivity index (χ4v) is 2.28. The lowest BCUT2D eigenvalue weighted by Crippen LogP contribution is -2.39. The van der Waals surface area contributed by atoms with Crippen LogP contribution >= 0.6 is 0 Å². The monoisotopic (exact) mass is 251 g/mol. The Hall–Kier alpha value is -1.42. The van der Waals surface area contributed by atoms with Gasteiger partial charge in [-0.3, -0.25) is 4.79 Å². The second-order valence-corrected chi connectivity index (χ2v) is 4.88. The topological polar surface area (TPSA) is 40.5 Å². The van der Waals surface area contributed by atoms with E-state index in [1.165, 1.54) is 12.1 Å². The minimum Gasteiger partial charge on any atom is -0.396 e. The Morgan fingerprint density at radius 2 is 2.11 bits per heavy atom.